The predicted octanol–water partition coefficient (Wildman–Crippen LogP) is 2.39. The van der Waals surface area contributed by atoms with E-state index in [2.05, 4.69) is 28.0 Å². The summed E-state index contributed by atoms with van der Waals surface area (Å²) in [5.41, 5.74) is 8.13. The smallest absolute Gasteiger partial charge is 0.140 e. The van der Waals surface area contributed by atoms with Crippen molar-refractivity contribution in [3.05, 3.63) is 40.0 Å². The molecule has 1 atom stereocenters. The topological polar surface area (TPSA) is 57.0 Å². The lowest BCUT2D eigenvalue weighted by Gasteiger charge is -2.09. The molecule has 2 rings (SSSR count). The SMILES string of the molecule is CCc1cc(C(N)c2occc2Br)n(C)n1. The summed E-state index contributed by atoms with van der Waals surface area (Å²) in [5.74, 6) is 0.727. The van der Waals surface area contributed by atoms with Crippen LogP contribution in [-0.4, -0.2) is 9.78 Å². The van der Waals surface area contributed by atoms with Crippen molar-refractivity contribution in [1.82, 2.24) is 9.78 Å². The molecule has 5 heteroatoms. The first kappa shape index (κ1) is 11.4. The second kappa shape index (κ2) is 4.43. The van der Waals surface area contributed by atoms with Gasteiger partial charge >= 0.3 is 0 Å². The van der Waals surface area contributed by atoms with Crippen molar-refractivity contribution in [3.63, 3.8) is 0 Å². The quantitative estimate of drug-likeness (QED) is 0.941. The van der Waals surface area contributed by atoms with Crippen LogP contribution in [-0.2, 0) is 13.5 Å². The van der Waals surface area contributed by atoms with Gasteiger partial charge < -0.3 is 10.2 Å². The van der Waals surface area contributed by atoms with Crippen LogP contribution in [0.2, 0.25) is 0 Å². The molecule has 0 amide bonds. The molecule has 2 N–H and O–H groups in total. The Morgan fingerprint density at radius 1 is 1.62 bits per heavy atom. The van der Waals surface area contributed by atoms with E-state index in [9.17, 15) is 0 Å². The highest BCUT2D eigenvalue weighted by Gasteiger charge is 2.19. The average molecular weight is 284 g/mol. The van der Waals surface area contributed by atoms with Crippen LogP contribution in [0.5, 0.6) is 0 Å². The first-order chi connectivity index (χ1) is 7.63. The zero-order valence-electron chi connectivity index (χ0n) is 9.27. The van der Waals surface area contributed by atoms with Gasteiger partial charge in [-0.2, -0.15) is 5.10 Å². The third-order valence-electron chi connectivity index (χ3n) is 2.57. The summed E-state index contributed by atoms with van der Waals surface area (Å²) in [5, 5.41) is 4.37. The second-order valence-corrected chi connectivity index (χ2v) is 4.50. The Kier molecular flexibility index (Phi) is 3.16. The summed E-state index contributed by atoms with van der Waals surface area (Å²) in [6.45, 7) is 2.07. The van der Waals surface area contributed by atoms with Gasteiger partial charge in [-0.3, -0.25) is 4.68 Å². The lowest BCUT2D eigenvalue weighted by Crippen LogP contribution is -2.15. The molecule has 2 aromatic rings. The van der Waals surface area contributed by atoms with Gasteiger partial charge in [0, 0.05) is 7.05 Å². The minimum Gasteiger partial charge on any atom is -0.466 e. The van der Waals surface area contributed by atoms with E-state index >= 15 is 0 Å². The Bertz CT molecular complexity index is 489. The fourth-order valence-electron chi connectivity index (χ4n) is 1.67. The van der Waals surface area contributed by atoms with Gasteiger partial charge in [0.2, 0.25) is 0 Å². The molecule has 0 aliphatic rings. The molecule has 2 heterocycles. The van der Waals surface area contributed by atoms with Crippen molar-refractivity contribution in [2.75, 3.05) is 0 Å². The van der Waals surface area contributed by atoms with Crippen LogP contribution < -0.4 is 5.73 Å². The van der Waals surface area contributed by atoms with Gasteiger partial charge in [0.05, 0.1) is 22.1 Å². The number of rotatable bonds is 3. The maximum atomic E-state index is 6.15. The van der Waals surface area contributed by atoms with Crippen molar-refractivity contribution in [3.8, 4) is 0 Å². The molecule has 0 aliphatic heterocycles. The monoisotopic (exact) mass is 283 g/mol. The molecule has 86 valence electrons. The zero-order chi connectivity index (χ0) is 11.7. The van der Waals surface area contributed by atoms with E-state index in [1.165, 1.54) is 0 Å². The maximum absolute atomic E-state index is 6.15. The van der Waals surface area contributed by atoms with E-state index in [1.807, 2.05) is 19.2 Å². The summed E-state index contributed by atoms with van der Waals surface area (Å²) in [7, 11) is 1.89. The third-order valence-corrected chi connectivity index (χ3v) is 3.23. The van der Waals surface area contributed by atoms with Crippen molar-refractivity contribution >= 4 is 15.9 Å². The van der Waals surface area contributed by atoms with E-state index < -0.39 is 0 Å². The summed E-state index contributed by atoms with van der Waals surface area (Å²) in [4.78, 5) is 0. The molecule has 0 aromatic carbocycles. The molecule has 0 aliphatic carbocycles. The van der Waals surface area contributed by atoms with Crippen LogP contribution in [0.3, 0.4) is 0 Å². The summed E-state index contributed by atoms with van der Waals surface area (Å²) >= 11 is 3.41. The first-order valence-electron chi connectivity index (χ1n) is 5.14. The van der Waals surface area contributed by atoms with E-state index in [-0.39, 0.29) is 6.04 Å². The number of hydrogen-bond donors (Lipinski definition) is 1. The molecule has 2 aromatic heterocycles. The molecule has 0 saturated heterocycles. The standard InChI is InChI=1S/C11H14BrN3O/c1-3-7-6-9(15(2)14-7)10(13)11-8(12)4-5-16-11/h4-6,10H,3,13H2,1-2H3. The van der Waals surface area contributed by atoms with Gasteiger partial charge in [-0.15, -0.1) is 0 Å². The number of hydrogen-bond acceptors (Lipinski definition) is 3. The Hall–Kier alpha value is -1.07. The molecule has 1 unspecified atom stereocenters. The van der Waals surface area contributed by atoms with Crippen LogP contribution in [0.4, 0.5) is 0 Å². The number of aromatic nitrogens is 2. The molecule has 0 saturated carbocycles. The van der Waals surface area contributed by atoms with Crippen molar-refractivity contribution in [1.29, 1.82) is 0 Å². The highest BCUT2D eigenvalue weighted by Crippen LogP contribution is 2.27. The number of furan rings is 1. The normalized spacial score (nSPS) is 13.0. The minimum atomic E-state index is -0.290. The van der Waals surface area contributed by atoms with Crippen molar-refractivity contribution < 1.29 is 4.42 Å². The predicted molar refractivity (Wildman–Crippen MR) is 65.0 cm³/mol. The maximum Gasteiger partial charge on any atom is 0.140 e. The number of halogens is 1. The van der Waals surface area contributed by atoms with E-state index in [0.29, 0.717) is 0 Å². The molecular formula is C11H14BrN3O. The summed E-state index contributed by atoms with van der Waals surface area (Å²) in [6.07, 6.45) is 2.52. The van der Waals surface area contributed by atoms with Gasteiger partial charge in [0.15, 0.2) is 0 Å². The number of aryl methyl sites for hydroxylation is 2. The number of nitrogens with two attached hydrogens (primary N) is 1. The van der Waals surface area contributed by atoms with Gasteiger partial charge in [0.25, 0.3) is 0 Å². The van der Waals surface area contributed by atoms with Gasteiger partial charge in [-0.05, 0) is 34.5 Å². The summed E-state index contributed by atoms with van der Waals surface area (Å²) in [6, 6.07) is 3.56. The van der Waals surface area contributed by atoms with E-state index in [4.69, 9.17) is 10.2 Å². The Labute approximate surface area is 103 Å². The van der Waals surface area contributed by atoms with Gasteiger partial charge in [0.1, 0.15) is 11.8 Å². The van der Waals surface area contributed by atoms with Crippen LogP contribution >= 0.6 is 15.9 Å². The zero-order valence-corrected chi connectivity index (χ0v) is 10.9. The van der Waals surface area contributed by atoms with Crippen LogP contribution in [0.15, 0.2) is 27.3 Å². The van der Waals surface area contributed by atoms with Crippen LogP contribution in [0, 0.1) is 0 Å². The third kappa shape index (κ3) is 1.92. The molecule has 4 nitrogen and oxygen atoms in total. The Morgan fingerprint density at radius 3 is 2.88 bits per heavy atom. The number of nitrogens with zero attached hydrogens (tertiary/aromatic N) is 2. The van der Waals surface area contributed by atoms with Crippen LogP contribution in [0.25, 0.3) is 0 Å². The van der Waals surface area contributed by atoms with Crippen molar-refractivity contribution in [2.24, 2.45) is 12.8 Å². The largest absolute Gasteiger partial charge is 0.466 e. The molecular weight excluding hydrogens is 270 g/mol. The van der Waals surface area contributed by atoms with Crippen molar-refractivity contribution in [2.45, 2.75) is 19.4 Å². The van der Waals surface area contributed by atoms with Gasteiger partial charge in [-0.25, -0.2) is 0 Å². The van der Waals surface area contributed by atoms with E-state index in [0.717, 1.165) is 28.0 Å². The highest BCUT2D eigenvalue weighted by atomic mass is 79.9. The molecule has 16 heavy (non-hydrogen) atoms. The van der Waals surface area contributed by atoms with E-state index in [1.54, 1.807) is 10.9 Å². The summed E-state index contributed by atoms with van der Waals surface area (Å²) < 4.78 is 8.06. The average Bonchev–Trinajstić information content (AvgIpc) is 2.83. The lowest BCUT2D eigenvalue weighted by molar-refractivity contribution is 0.476. The fraction of sp³-hybridized carbons (Fsp3) is 0.364. The Balaban J connectivity index is 2.37. The lowest BCUT2D eigenvalue weighted by atomic mass is 10.1. The fourth-order valence-corrected chi connectivity index (χ4v) is 2.12. The first-order valence-corrected chi connectivity index (χ1v) is 5.94. The molecule has 0 fully saturated rings. The molecule has 0 spiro atoms. The Morgan fingerprint density at radius 2 is 2.38 bits per heavy atom. The molecule has 0 bridgehead atoms. The van der Waals surface area contributed by atoms with Gasteiger partial charge in [-0.1, -0.05) is 6.92 Å². The molecule has 0 radical (unpaired) electrons. The van der Waals surface area contributed by atoms with Crippen LogP contribution in [0.1, 0.15) is 30.1 Å². The minimum absolute atomic E-state index is 0.290. The second-order valence-electron chi connectivity index (χ2n) is 3.65. The highest BCUT2D eigenvalue weighted by molar-refractivity contribution is 9.10.